The van der Waals surface area contributed by atoms with Gasteiger partial charge in [0, 0.05) is 35.6 Å². The van der Waals surface area contributed by atoms with Crippen LogP contribution in [-0.2, 0) is 12.8 Å². The van der Waals surface area contributed by atoms with E-state index >= 15 is 0 Å². The Bertz CT molecular complexity index is 898. The minimum absolute atomic E-state index is 0.137. The van der Waals surface area contributed by atoms with Gasteiger partial charge in [0.2, 0.25) is 0 Å². The van der Waals surface area contributed by atoms with Gasteiger partial charge in [-0.1, -0.05) is 6.07 Å². The number of nitrogens with one attached hydrogen (secondary N) is 2. The van der Waals surface area contributed by atoms with Crippen LogP contribution in [0.2, 0.25) is 0 Å². The summed E-state index contributed by atoms with van der Waals surface area (Å²) in [4.78, 5) is 28.5. The zero-order valence-electron chi connectivity index (χ0n) is 16.4. The van der Waals surface area contributed by atoms with Crippen LogP contribution < -0.4 is 10.6 Å². The van der Waals surface area contributed by atoms with Gasteiger partial charge in [-0.2, -0.15) is 0 Å². The van der Waals surface area contributed by atoms with Crippen molar-refractivity contribution < 1.29 is 14.0 Å². The largest absolute Gasteiger partial charge is 0.338 e. The average molecular weight is 416 g/mol. The molecule has 1 aliphatic heterocycles. The Morgan fingerprint density at radius 3 is 2.93 bits per heavy atom. The number of carbonyl (C=O) groups is 2. The molecule has 1 aliphatic carbocycles. The van der Waals surface area contributed by atoms with Crippen LogP contribution in [0, 0.1) is 11.7 Å². The number of carbonyl (C=O) groups excluding carboxylic acids is 2. The van der Waals surface area contributed by atoms with Crippen LogP contribution in [0.4, 0.5) is 14.9 Å². The maximum atomic E-state index is 13.2. The number of hydrogen-bond donors (Lipinski definition) is 2. The van der Waals surface area contributed by atoms with Crippen molar-refractivity contribution in [3.8, 4) is 0 Å². The predicted molar refractivity (Wildman–Crippen MR) is 113 cm³/mol. The van der Waals surface area contributed by atoms with Crippen molar-refractivity contribution in [1.29, 1.82) is 0 Å². The molecule has 0 saturated carbocycles. The molecule has 1 aromatic carbocycles. The first-order valence-electron chi connectivity index (χ1n) is 10.3. The molecule has 2 aromatic rings. The van der Waals surface area contributed by atoms with Gasteiger partial charge in [0.15, 0.2) is 0 Å². The van der Waals surface area contributed by atoms with Crippen LogP contribution in [0.15, 0.2) is 29.6 Å². The van der Waals surface area contributed by atoms with Crippen molar-refractivity contribution in [3.05, 3.63) is 51.5 Å². The third-order valence-corrected chi connectivity index (χ3v) is 6.82. The lowest BCUT2D eigenvalue weighted by Crippen LogP contribution is -2.44. The van der Waals surface area contributed by atoms with E-state index in [4.69, 9.17) is 0 Å². The Balaban J connectivity index is 1.31. The highest BCUT2D eigenvalue weighted by atomic mass is 32.1. The Kier molecular flexibility index (Phi) is 6.13. The summed E-state index contributed by atoms with van der Waals surface area (Å²) in [5.74, 6) is -0.0291. The zero-order chi connectivity index (χ0) is 20.2. The van der Waals surface area contributed by atoms with E-state index < -0.39 is 0 Å². The third kappa shape index (κ3) is 4.78. The summed E-state index contributed by atoms with van der Waals surface area (Å²) in [6.07, 6.45) is 6.41. The van der Waals surface area contributed by atoms with Crippen LogP contribution in [-0.4, -0.2) is 36.5 Å². The number of likely N-dealkylation sites (tertiary alicyclic amines) is 1. The Hall–Kier alpha value is -2.41. The summed E-state index contributed by atoms with van der Waals surface area (Å²) in [6.45, 7) is 1.92. The van der Waals surface area contributed by atoms with Crippen molar-refractivity contribution in [2.24, 2.45) is 5.92 Å². The number of anilines is 1. The zero-order valence-corrected chi connectivity index (χ0v) is 17.2. The normalized spacial score (nSPS) is 18.8. The lowest BCUT2D eigenvalue weighted by Gasteiger charge is -2.33. The van der Waals surface area contributed by atoms with Gasteiger partial charge in [-0.15, -0.1) is 11.3 Å². The first-order chi connectivity index (χ1) is 14.1. The molecule has 4 rings (SSSR count). The summed E-state index contributed by atoms with van der Waals surface area (Å²) < 4.78 is 13.2. The molecule has 0 bridgehead atoms. The highest BCUT2D eigenvalue weighted by Crippen LogP contribution is 2.31. The van der Waals surface area contributed by atoms with E-state index in [2.05, 4.69) is 10.6 Å². The van der Waals surface area contributed by atoms with Crippen LogP contribution in [0.1, 0.15) is 46.5 Å². The molecule has 2 aliphatic rings. The minimum Gasteiger partial charge on any atom is -0.338 e. The maximum absolute atomic E-state index is 13.2. The molecule has 2 N–H and O–H groups in total. The van der Waals surface area contributed by atoms with Gasteiger partial charge in [-0.3, -0.25) is 4.79 Å². The van der Waals surface area contributed by atoms with Crippen molar-refractivity contribution >= 4 is 29.0 Å². The second kappa shape index (κ2) is 8.95. The highest BCUT2D eigenvalue weighted by Gasteiger charge is 2.28. The molecular weight excluding hydrogens is 389 g/mol. The van der Waals surface area contributed by atoms with Gasteiger partial charge >= 0.3 is 6.03 Å². The summed E-state index contributed by atoms with van der Waals surface area (Å²) in [7, 11) is 0. The number of hydrogen-bond acceptors (Lipinski definition) is 3. The fraction of sp³-hybridized carbons (Fsp3) is 0.455. The van der Waals surface area contributed by atoms with E-state index in [1.165, 1.54) is 29.0 Å². The molecule has 0 spiro atoms. The second-order valence-corrected chi connectivity index (χ2v) is 8.83. The topological polar surface area (TPSA) is 61.4 Å². The Morgan fingerprint density at radius 2 is 2.07 bits per heavy atom. The molecule has 5 nitrogen and oxygen atoms in total. The molecule has 29 heavy (non-hydrogen) atoms. The highest BCUT2D eigenvalue weighted by molar-refractivity contribution is 7.10. The standard InChI is InChI=1S/C22H26FN3O2S/c23-16-6-3-7-17(11-16)25-22(28)24-12-15-5-4-10-26(13-15)21(27)19-14-29-20-9-2-1-8-18(19)20/h3,6-7,11,14-15H,1-2,4-5,8-10,12-13H2,(H2,24,25,28). The third-order valence-electron chi connectivity index (χ3n) is 5.73. The predicted octanol–water partition coefficient (Wildman–Crippen LogP) is 4.44. The van der Waals surface area contributed by atoms with E-state index in [0.717, 1.165) is 44.2 Å². The van der Waals surface area contributed by atoms with E-state index in [9.17, 15) is 14.0 Å². The summed E-state index contributed by atoms with van der Waals surface area (Å²) in [5, 5.41) is 7.53. The first-order valence-corrected chi connectivity index (χ1v) is 11.2. The number of thiophene rings is 1. The molecule has 1 unspecified atom stereocenters. The first kappa shape index (κ1) is 19.9. The van der Waals surface area contributed by atoms with Crippen molar-refractivity contribution in [2.45, 2.75) is 38.5 Å². The fourth-order valence-corrected chi connectivity index (χ4v) is 5.36. The molecular formula is C22H26FN3O2S. The molecule has 1 fully saturated rings. The lowest BCUT2D eigenvalue weighted by molar-refractivity contribution is 0.0674. The quantitative estimate of drug-likeness (QED) is 0.776. The Morgan fingerprint density at radius 1 is 1.21 bits per heavy atom. The number of piperidine rings is 1. The number of fused-ring (bicyclic) bond motifs is 1. The van der Waals surface area contributed by atoms with E-state index in [-0.39, 0.29) is 23.7 Å². The van der Waals surface area contributed by atoms with Gasteiger partial charge in [0.05, 0.1) is 5.56 Å². The molecule has 1 atom stereocenters. The van der Waals surface area contributed by atoms with Gasteiger partial charge in [0.1, 0.15) is 5.82 Å². The SMILES string of the molecule is O=C(NCC1CCCN(C(=O)c2csc3c2CCCC3)C1)Nc1cccc(F)c1. The van der Waals surface area contributed by atoms with Crippen LogP contribution in [0.25, 0.3) is 0 Å². The number of nitrogens with zero attached hydrogens (tertiary/aromatic N) is 1. The van der Waals surface area contributed by atoms with Crippen LogP contribution in [0.3, 0.4) is 0 Å². The van der Waals surface area contributed by atoms with Gasteiger partial charge in [0.25, 0.3) is 5.91 Å². The molecule has 7 heteroatoms. The number of benzene rings is 1. The minimum atomic E-state index is -0.389. The van der Waals surface area contributed by atoms with E-state index in [1.807, 2.05) is 10.3 Å². The number of rotatable bonds is 4. The van der Waals surface area contributed by atoms with Crippen molar-refractivity contribution in [3.63, 3.8) is 0 Å². The summed E-state index contributed by atoms with van der Waals surface area (Å²) >= 11 is 1.72. The summed E-state index contributed by atoms with van der Waals surface area (Å²) in [5.41, 5.74) is 2.58. The Labute approximate surface area is 174 Å². The number of aryl methyl sites for hydroxylation is 1. The van der Waals surface area contributed by atoms with Gasteiger partial charge in [-0.25, -0.2) is 9.18 Å². The van der Waals surface area contributed by atoms with Crippen LogP contribution >= 0.6 is 11.3 Å². The van der Waals surface area contributed by atoms with Gasteiger partial charge < -0.3 is 15.5 Å². The average Bonchev–Trinajstić information content (AvgIpc) is 3.16. The number of amides is 3. The van der Waals surface area contributed by atoms with Crippen molar-refractivity contribution in [2.75, 3.05) is 25.0 Å². The van der Waals surface area contributed by atoms with Crippen LogP contribution in [0.5, 0.6) is 0 Å². The van der Waals surface area contributed by atoms with Crippen molar-refractivity contribution in [1.82, 2.24) is 10.2 Å². The molecule has 1 aromatic heterocycles. The van der Waals surface area contributed by atoms with E-state index in [1.54, 1.807) is 23.5 Å². The molecule has 1 saturated heterocycles. The number of halogens is 1. The molecule has 2 heterocycles. The van der Waals surface area contributed by atoms with E-state index in [0.29, 0.717) is 18.8 Å². The monoisotopic (exact) mass is 415 g/mol. The molecule has 0 radical (unpaired) electrons. The molecule has 154 valence electrons. The van der Waals surface area contributed by atoms with Gasteiger partial charge in [-0.05, 0) is 68.2 Å². The molecule has 3 amide bonds. The lowest BCUT2D eigenvalue weighted by atomic mass is 9.94. The number of urea groups is 1. The maximum Gasteiger partial charge on any atom is 0.319 e. The summed E-state index contributed by atoms with van der Waals surface area (Å²) in [6, 6.07) is 5.46. The fourth-order valence-electron chi connectivity index (χ4n) is 4.24. The smallest absolute Gasteiger partial charge is 0.319 e. The second-order valence-electron chi connectivity index (χ2n) is 7.86.